The smallest absolute Gasteiger partial charge is 0.427 e. The van der Waals surface area contributed by atoms with Crippen LogP contribution in [0.15, 0.2) is 51.7 Å². The second-order valence-electron chi connectivity index (χ2n) is 4.17. The normalized spacial score (nSPS) is 12.8. The Balaban J connectivity index is 1.99. The summed E-state index contributed by atoms with van der Waals surface area (Å²) in [4.78, 5) is 11.9. The van der Waals surface area contributed by atoms with E-state index >= 15 is 0 Å². The quantitative estimate of drug-likeness (QED) is 0.755. The lowest BCUT2D eigenvalue weighted by molar-refractivity contribution is 0.481. The molecule has 0 spiro atoms. The Labute approximate surface area is 120 Å². The molecule has 5 heteroatoms. The summed E-state index contributed by atoms with van der Waals surface area (Å²) in [5.74, 6) is 0.516. The van der Waals surface area contributed by atoms with Gasteiger partial charge in [0.05, 0.1) is 5.69 Å². The van der Waals surface area contributed by atoms with Crippen molar-refractivity contribution >= 4 is 29.5 Å². The Bertz CT molecular complexity index is 753. The first-order valence-electron chi connectivity index (χ1n) is 6.12. The van der Waals surface area contributed by atoms with E-state index in [1.807, 2.05) is 30.4 Å². The molecule has 0 aliphatic heterocycles. The second kappa shape index (κ2) is 5.30. The highest BCUT2D eigenvalue weighted by Crippen LogP contribution is 2.17. The molecule has 3 rings (SSSR count). The van der Waals surface area contributed by atoms with Crippen molar-refractivity contribution < 1.29 is 9.15 Å². The highest BCUT2D eigenvalue weighted by atomic mass is 32.1. The molecule has 0 atom stereocenters. The molecule has 4 nitrogen and oxygen atoms in total. The largest absolute Gasteiger partial charge is 0.431 e. The van der Waals surface area contributed by atoms with Gasteiger partial charge in [0.25, 0.3) is 5.17 Å². The fourth-order valence-electron chi connectivity index (χ4n) is 1.92. The number of para-hydroxylation sites is 1. The molecular formula is C15H11NO3S. The third-order valence-corrected chi connectivity index (χ3v) is 3.09. The van der Waals surface area contributed by atoms with Crippen LogP contribution in [-0.4, -0.2) is 9.74 Å². The first-order valence-corrected chi connectivity index (χ1v) is 6.53. The van der Waals surface area contributed by atoms with Gasteiger partial charge in [-0.25, -0.2) is 9.36 Å². The van der Waals surface area contributed by atoms with Crippen molar-refractivity contribution in [3.8, 4) is 5.75 Å². The van der Waals surface area contributed by atoms with Gasteiger partial charge in [-0.05, 0) is 42.9 Å². The van der Waals surface area contributed by atoms with Crippen LogP contribution in [-0.2, 0) is 0 Å². The van der Waals surface area contributed by atoms with E-state index in [1.54, 1.807) is 24.3 Å². The van der Waals surface area contributed by atoms with Crippen molar-refractivity contribution in [1.82, 2.24) is 4.57 Å². The molecule has 1 aromatic heterocycles. The summed E-state index contributed by atoms with van der Waals surface area (Å²) in [6.07, 6.45) is 8.19. The van der Waals surface area contributed by atoms with E-state index in [-0.39, 0.29) is 5.17 Å². The van der Waals surface area contributed by atoms with E-state index in [0.29, 0.717) is 17.2 Å². The van der Waals surface area contributed by atoms with Gasteiger partial charge in [0, 0.05) is 0 Å². The van der Waals surface area contributed by atoms with Gasteiger partial charge in [0.2, 0.25) is 0 Å². The summed E-state index contributed by atoms with van der Waals surface area (Å²) in [6.45, 7) is 0. The molecule has 1 aliphatic rings. The minimum Gasteiger partial charge on any atom is -0.431 e. The van der Waals surface area contributed by atoms with Crippen LogP contribution in [0.4, 0.5) is 0 Å². The van der Waals surface area contributed by atoms with Crippen molar-refractivity contribution in [3.63, 3.8) is 0 Å². The van der Waals surface area contributed by atoms with Gasteiger partial charge in [0.1, 0.15) is 5.75 Å². The summed E-state index contributed by atoms with van der Waals surface area (Å²) >= 11 is 5.20. The molecule has 0 N–H and O–H groups in total. The van der Waals surface area contributed by atoms with Crippen molar-refractivity contribution in [2.45, 2.75) is 6.42 Å². The van der Waals surface area contributed by atoms with Crippen LogP contribution in [0, 0.1) is 0 Å². The highest BCUT2D eigenvalue weighted by molar-refractivity contribution is 7.80. The predicted molar refractivity (Wildman–Crippen MR) is 80.7 cm³/mol. The number of ether oxygens (including phenoxy) is 1. The maximum atomic E-state index is 11.9. The number of aromatic nitrogens is 1. The molecule has 1 aliphatic carbocycles. The van der Waals surface area contributed by atoms with Crippen LogP contribution >= 0.6 is 12.2 Å². The van der Waals surface area contributed by atoms with Gasteiger partial charge in [-0.1, -0.05) is 30.4 Å². The van der Waals surface area contributed by atoms with E-state index in [9.17, 15) is 4.79 Å². The first-order chi connectivity index (χ1) is 9.75. The minimum atomic E-state index is -0.549. The van der Waals surface area contributed by atoms with Crippen molar-refractivity contribution in [2.75, 3.05) is 0 Å². The third-order valence-electron chi connectivity index (χ3n) is 2.82. The molecule has 20 heavy (non-hydrogen) atoms. The number of hydrogen-bond donors (Lipinski definition) is 0. The molecular weight excluding hydrogens is 274 g/mol. The number of fused-ring (bicyclic) bond motifs is 1. The maximum absolute atomic E-state index is 11.9. The lowest BCUT2D eigenvalue weighted by atomic mass is 10.3. The standard InChI is InChI=1S/C15H11NO3S/c17-14-16(12-9-5-2-6-10-13(12)19-14)15(20)18-11-7-3-1-4-8-11/h1,3-10H,2H2. The Morgan fingerprint density at radius 2 is 1.95 bits per heavy atom. The molecule has 0 radical (unpaired) electrons. The molecule has 0 bridgehead atoms. The summed E-state index contributed by atoms with van der Waals surface area (Å²) < 4.78 is 12.0. The summed E-state index contributed by atoms with van der Waals surface area (Å²) in [6, 6.07) is 9.08. The van der Waals surface area contributed by atoms with Gasteiger partial charge in [-0.2, -0.15) is 0 Å². The number of oxazole rings is 1. The molecule has 1 heterocycles. The highest BCUT2D eigenvalue weighted by Gasteiger charge is 2.18. The third kappa shape index (κ3) is 2.35. The molecule has 0 fully saturated rings. The number of rotatable bonds is 1. The summed E-state index contributed by atoms with van der Waals surface area (Å²) in [5, 5.41) is 0.0474. The zero-order valence-corrected chi connectivity index (χ0v) is 11.3. The zero-order valence-electron chi connectivity index (χ0n) is 10.5. The lowest BCUT2D eigenvalue weighted by Gasteiger charge is -2.07. The van der Waals surface area contributed by atoms with Gasteiger partial charge in [-0.3, -0.25) is 0 Å². The number of allylic oxidation sites excluding steroid dienone is 2. The van der Waals surface area contributed by atoms with E-state index in [0.717, 1.165) is 6.42 Å². The van der Waals surface area contributed by atoms with E-state index in [2.05, 4.69) is 0 Å². The van der Waals surface area contributed by atoms with Crippen LogP contribution < -0.4 is 10.5 Å². The average Bonchev–Trinajstić information content (AvgIpc) is 2.60. The Kier molecular flexibility index (Phi) is 3.35. The molecule has 100 valence electrons. The lowest BCUT2D eigenvalue weighted by Crippen LogP contribution is -2.27. The van der Waals surface area contributed by atoms with E-state index < -0.39 is 5.76 Å². The van der Waals surface area contributed by atoms with Crippen LogP contribution in [0.1, 0.15) is 17.9 Å². The fourth-order valence-corrected chi connectivity index (χ4v) is 2.19. The van der Waals surface area contributed by atoms with Gasteiger partial charge in [-0.15, -0.1) is 0 Å². The number of nitrogens with zero attached hydrogens (tertiary/aromatic N) is 1. The Morgan fingerprint density at radius 1 is 1.20 bits per heavy atom. The molecule has 0 unspecified atom stereocenters. The Hall–Kier alpha value is -2.40. The second-order valence-corrected chi connectivity index (χ2v) is 4.52. The Morgan fingerprint density at radius 3 is 2.75 bits per heavy atom. The van der Waals surface area contributed by atoms with Gasteiger partial charge < -0.3 is 9.15 Å². The van der Waals surface area contributed by atoms with Crippen molar-refractivity contribution in [2.24, 2.45) is 0 Å². The molecule has 2 aromatic rings. The number of benzene rings is 1. The summed E-state index contributed by atoms with van der Waals surface area (Å²) in [7, 11) is 0. The predicted octanol–water partition coefficient (Wildman–Crippen LogP) is 3.08. The minimum absolute atomic E-state index is 0.0474. The van der Waals surface area contributed by atoms with Crippen molar-refractivity contribution in [1.29, 1.82) is 0 Å². The molecule has 1 aromatic carbocycles. The number of hydrogen-bond acceptors (Lipinski definition) is 4. The topological polar surface area (TPSA) is 44.4 Å². The molecule has 0 saturated carbocycles. The van der Waals surface area contributed by atoms with Crippen LogP contribution in [0.3, 0.4) is 0 Å². The average molecular weight is 285 g/mol. The molecule has 0 saturated heterocycles. The van der Waals surface area contributed by atoms with E-state index in [1.165, 1.54) is 4.57 Å². The number of thiocarbonyl (C=S) groups is 1. The molecule has 0 amide bonds. The van der Waals surface area contributed by atoms with Gasteiger partial charge >= 0.3 is 5.76 Å². The van der Waals surface area contributed by atoms with E-state index in [4.69, 9.17) is 21.4 Å². The van der Waals surface area contributed by atoms with Gasteiger partial charge in [0.15, 0.2) is 5.76 Å². The monoisotopic (exact) mass is 285 g/mol. The fraction of sp³-hybridized carbons (Fsp3) is 0.0667. The zero-order chi connectivity index (χ0) is 13.9. The van der Waals surface area contributed by atoms with Crippen molar-refractivity contribution in [3.05, 3.63) is 64.5 Å². The first kappa shape index (κ1) is 12.6. The van der Waals surface area contributed by atoms with Crippen LogP contribution in [0.2, 0.25) is 0 Å². The SMILES string of the molecule is O=c1oc2c(n1C(=S)Oc1ccccc1)C=CCC=C2. The summed E-state index contributed by atoms with van der Waals surface area (Å²) in [5.41, 5.74) is 0.602. The maximum Gasteiger partial charge on any atom is 0.427 e. The van der Waals surface area contributed by atoms with Crippen LogP contribution in [0.5, 0.6) is 5.75 Å². The van der Waals surface area contributed by atoms with Crippen LogP contribution in [0.25, 0.3) is 12.2 Å².